The van der Waals surface area contributed by atoms with E-state index in [2.05, 4.69) is 18.3 Å². The summed E-state index contributed by atoms with van der Waals surface area (Å²) in [5, 5.41) is 2.85. The Morgan fingerprint density at radius 2 is 1.74 bits per heavy atom. The summed E-state index contributed by atoms with van der Waals surface area (Å²) in [5.41, 5.74) is 2.37. The highest BCUT2D eigenvalue weighted by atomic mass is 16.7. The van der Waals surface area contributed by atoms with Crippen molar-refractivity contribution in [2.75, 3.05) is 6.54 Å². The predicted octanol–water partition coefficient (Wildman–Crippen LogP) is 3.15. The van der Waals surface area contributed by atoms with Crippen LogP contribution in [0.3, 0.4) is 0 Å². The lowest BCUT2D eigenvalue weighted by Crippen LogP contribution is -2.41. The van der Waals surface area contributed by atoms with Gasteiger partial charge in [0.05, 0.1) is 11.2 Å². The van der Waals surface area contributed by atoms with Gasteiger partial charge in [-0.15, -0.1) is 0 Å². The minimum atomic E-state index is -0.466. The number of rotatable bonds is 4. The number of amides is 1. The molecule has 1 heterocycles. The number of hydrogen-bond donors (Lipinski definition) is 1. The van der Waals surface area contributed by atoms with E-state index >= 15 is 0 Å². The summed E-state index contributed by atoms with van der Waals surface area (Å²) in [7, 11) is -0.466. The summed E-state index contributed by atoms with van der Waals surface area (Å²) in [6.07, 6.45) is 2.05. The number of carbonyl (C=O) groups is 1. The fourth-order valence-electron chi connectivity index (χ4n) is 2.37. The summed E-state index contributed by atoms with van der Waals surface area (Å²) in [6, 6.07) is 8.12. The summed E-state index contributed by atoms with van der Waals surface area (Å²) in [6.45, 7) is 12.1. The molecule has 1 saturated heterocycles. The lowest BCUT2D eigenvalue weighted by atomic mass is 9.76. The highest BCUT2D eigenvalue weighted by molar-refractivity contribution is 6.56. The lowest BCUT2D eigenvalue weighted by Gasteiger charge is -2.32. The zero-order valence-electron chi connectivity index (χ0n) is 14.9. The molecule has 0 bridgehead atoms. The fraction of sp³-hybridized carbons (Fsp3) is 0.500. The smallest absolute Gasteiger partial charge is 0.400 e. The summed E-state index contributed by atoms with van der Waals surface area (Å²) >= 11 is 0. The number of hydrogen-bond acceptors (Lipinski definition) is 3. The first kappa shape index (κ1) is 17.8. The van der Waals surface area contributed by atoms with Crippen LogP contribution >= 0.6 is 0 Å². The molecular formula is C18H26BNO3. The molecule has 4 nitrogen and oxygen atoms in total. The van der Waals surface area contributed by atoms with E-state index in [1.807, 2.05) is 52.0 Å². The average Bonchev–Trinajstić information content (AvgIpc) is 2.65. The maximum absolute atomic E-state index is 11.3. The van der Waals surface area contributed by atoms with Crippen LogP contribution in [-0.4, -0.2) is 30.8 Å². The molecule has 0 atom stereocenters. The van der Waals surface area contributed by atoms with Crippen LogP contribution in [0.25, 0.3) is 6.08 Å². The molecule has 1 amide bonds. The SMILES string of the molecule is CC(=O)NCC(=Cc1ccccc1C)B1OC(C)(C)C(C)(C)O1. The Hall–Kier alpha value is -1.59. The Labute approximate surface area is 139 Å². The minimum absolute atomic E-state index is 0.0720. The van der Waals surface area contributed by atoms with Gasteiger partial charge in [0, 0.05) is 13.5 Å². The Bertz CT molecular complexity index is 606. The molecule has 0 unspecified atom stereocenters. The molecule has 1 aliphatic rings. The molecule has 1 aromatic carbocycles. The summed E-state index contributed by atoms with van der Waals surface area (Å²) in [4.78, 5) is 11.3. The molecule has 1 aliphatic heterocycles. The van der Waals surface area contributed by atoms with Gasteiger partial charge >= 0.3 is 7.12 Å². The van der Waals surface area contributed by atoms with Crippen molar-refractivity contribution >= 4 is 19.1 Å². The topological polar surface area (TPSA) is 47.6 Å². The van der Waals surface area contributed by atoms with Crippen LogP contribution in [0, 0.1) is 6.92 Å². The van der Waals surface area contributed by atoms with Gasteiger partial charge in [-0.05, 0) is 51.2 Å². The van der Waals surface area contributed by atoms with Gasteiger partial charge in [-0.3, -0.25) is 4.79 Å². The standard InChI is InChI=1S/C18H26BNO3/c1-13-9-7-8-10-15(13)11-16(12-20-14(2)21)19-22-17(3,4)18(5,6)23-19/h7-11H,12H2,1-6H3,(H,20,21). The van der Waals surface area contributed by atoms with Crippen molar-refractivity contribution in [3.8, 4) is 0 Å². The van der Waals surface area contributed by atoms with Gasteiger partial charge in [-0.25, -0.2) is 0 Å². The van der Waals surface area contributed by atoms with Crippen LogP contribution in [0.1, 0.15) is 45.7 Å². The van der Waals surface area contributed by atoms with Gasteiger partial charge in [-0.1, -0.05) is 30.3 Å². The molecule has 0 aliphatic carbocycles. The number of carbonyl (C=O) groups excluding carboxylic acids is 1. The maximum Gasteiger partial charge on any atom is 0.492 e. The molecule has 0 radical (unpaired) electrons. The van der Waals surface area contributed by atoms with Crippen LogP contribution in [0.15, 0.2) is 29.7 Å². The van der Waals surface area contributed by atoms with Gasteiger partial charge in [0.1, 0.15) is 0 Å². The summed E-state index contributed by atoms with van der Waals surface area (Å²) in [5.74, 6) is -0.0720. The highest BCUT2D eigenvalue weighted by Crippen LogP contribution is 2.38. The monoisotopic (exact) mass is 315 g/mol. The molecule has 23 heavy (non-hydrogen) atoms. The van der Waals surface area contributed by atoms with E-state index in [0.717, 1.165) is 11.0 Å². The molecule has 0 spiro atoms. The molecule has 1 fully saturated rings. The van der Waals surface area contributed by atoms with Gasteiger partial charge < -0.3 is 14.6 Å². The Morgan fingerprint density at radius 1 is 1.17 bits per heavy atom. The van der Waals surface area contributed by atoms with Crippen molar-refractivity contribution in [1.29, 1.82) is 0 Å². The Kier molecular flexibility index (Phi) is 5.02. The van der Waals surface area contributed by atoms with Crippen LogP contribution < -0.4 is 5.32 Å². The zero-order chi connectivity index (χ0) is 17.3. The van der Waals surface area contributed by atoms with Crippen LogP contribution in [0.5, 0.6) is 0 Å². The third-order valence-corrected chi connectivity index (χ3v) is 4.63. The van der Waals surface area contributed by atoms with E-state index < -0.39 is 18.3 Å². The second kappa shape index (κ2) is 6.50. The van der Waals surface area contributed by atoms with Crippen molar-refractivity contribution in [3.05, 3.63) is 40.9 Å². The molecule has 1 N–H and O–H groups in total. The first-order valence-electron chi connectivity index (χ1n) is 7.98. The first-order chi connectivity index (χ1) is 10.6. The summed E-state index contributed by atoms with van der Waals surface area (Å²) < 4.78 is 12.3. The van der Waals surface area contributed by atoms with E-state index in [-0.39, 0.29) is 5.91 Å². The molecule has 124 valence electrons. The van der Waals surface area contributed by atoms with Crippen molar-refractivity contribution < 1.29 is 14.1 Å². The molecular weight excluding hydrogens is 289 g/mol. The third kappa shape index (κ3) is 4.04. The van der Waals surface area contributed by atoms with Crippen LogP contribution in [-0.2, 0) is 14.1 Å². The molecule has 5 heteroatoms. The normalized spacial score (nSPS) is 19.7. The van der Waals surface area contributed by atoms with Gasteiger partial charge in [0.2, 0.25) is 5.91 Å². The minimum Gasteiger partial charge on any atom is -0.400 e. The van der Waals surface area contributed by atoms with Crippen LogP contribution in [0.4, 0.5) is 0 Å². The van der Waals surface area contributed by atoms with Gasteiger partial charge in [-0.2, -0.15) is 0 Å². The predicted molar refractivity (Wildman–Crippen MR) is 93.9 cm³/mol. The maximum atomic E-state index is 11.3. The third-order valence-electron chi connectivity index (χ3n) is 4.63. The number of benzene rings is 1. The first-order valence-corrected chi connectivity index (χ1v) is 7.98. The van der Waals surface area contributed by atoms with Crippen molar-refractivity contribution in [1.82, 2.24) is 5.32 Å². The molecule has 1 aromatic rings. The van der Waals surface area contributed by atoms with Gasteiger partial charge in [0.25, 0.3) is 0 Å². The van der Waals surface area contributed by atoms with Crippen molar-refractivity contribution in [2.45, 2.75) is 52.7 Å². The van der Waals surface area contributed by atoms with E-state index in [4.69, 9.17) is 9.31 Å². The van der Waals surface area contributed by atoms with Crippen molar-refractivity contribution in [3.63, 3.8) is 0 Å². The second-order valence-corrected chi connectivity index (χ2v) is 7.07. The highest BCUT2D eigenvalue weighted by Gasteiger charge is 2.52. The molecule has 0 saturated carbocycles. The van der Waals surface area contributed by atoms with Gasteiger partial charge in [0.15, 0.2) is 0 Å². The Balaban J connectivity index is 2.32. The largest absolute Gasteiger partial charge is 0.492 e. The number of aryl methyl sites for hydroxylation is 1. The van der Waals surface area contributed by atoms with E-state index in [9.17, 15) is 4.79 Å². The van der Waals surface area contributed by atoms with E-state index in [1.165, 1.54) is 12.5 Å². The quantitative estimate of drug-likeness (QED) is 0.868. The van der Waals surface area contributed by atoms with E-state index in [0.29, 0.717) is 6.54 Å². The van der Waals surface area contributed by atoms with E-state index in [1.54, 1.807) is 0 Å². The second-order valence-electron chi connectivity index (χ2n) is 7.07. The van der Waals surface area contributed by atoms with Crippen molar-refractivity contribution in [2.24, 2.45) is 0 Å². The average molecular weight is 315 g/mol. The molecule has 0 aromatic heterocycles. The van der Waals surface area contributed by atoms with Crippen LogP contribution in [0.2, 0.25) is 0 Å². The zero-order valence-corrected chi connectivity index (χ0v) is 14.9. The Morgan fingerprint density at radius 3 is 2.26 bits per heavy atom. The lowest BCUT2D eigenvalue weighted by molar-refractivity contribution is -0.118. The molecule has 2 rings (SSSR count). The number of nitrogens with one attached hydrogen (secondary N) is 1. The fourth-order valence-corrected chi connectivity index (χ4v) is 2.37.